The van der Waals surface area contributed by atoms with Gasteiger partial charge in [0.05, 0.1) is 19.2 Å². The lowest BCUT2D eigenvalue weighted by atomic mass is 10.2. The molecule has 0 radical (unpaired) electrons. The van der Waals surface area contributed by atoms with E-state index < -0.39 is 0 Å². The molecule has 0 spiro atoms. The average molecular weight is 296 g/mol. The van der Waals surface area contributed by atoms with Gasteiger partial charge in [0.25, 0.3) is 5.56 Å². The molecule has 3 rings (SSSR count). The van der Waals surface area contributed by atoms with Crippen LogP contribution in [0, 0.1) is 0 Å². The molecule has 0 fully saturated rings. The van der Waals surface area contributed by atoms with E-state index in [1.54, 1.807) is 30.1 Å². The van der Waals surface area contributed by atoms with Crippen LogP contribution in [-0.4, -0.2) is 23.3 Å². The van der Waals surface area contributed by atoms with Gasteiger partial charge in [0.2, 0.25) is 0 Å². The SMILES string of the molecule is COc1ccc2c(OCCn3ccccc3=O)ccnc2c1. The average Bonchev–Trinajstić information content (AvgIpc) is 2.56. The van der Waals surface area contributed by atoms with Crippen molar-refractivity contribution in [3.63, 3.8) is 0 Å². The fourth-order valence-electron chi connectivity index (χ4n) is 2.25. The zero-order valence-corrected chi connectivity index (χ0v) is 12.2. The van der Waals surface area contributed by atoms with Crippen LogP contribution >= 0.6 is 0 Å². The number of hydrogen-bond donors (Lipinski definition) is 0. The fraction of sp³-hybridized carbons (Fsp3) is 0.176. The van der Waals surface area contributed by atoms with Gasteiger partial charge in [-0.05, 0) is 24.3 Å². The number of ether oxygens (including phenoxy) is 2. The van der Waals surface area contributed by atoms with E-state index in [9.17, 15) is 4.79 Å². The Bertz CT molecular complexity index is 842. The van der Waals surface area contributed by atoms with Crippen LogP contribution in [0.4, 0.5) is 0 Å². The third-order valence-corrected chi connectivity index (χ3v) is 3.40. The topological polar surface area (TPSA) is 53.4 Å². The molecule has 0 N–H and O–H groups in total. The van der Waals surface area contributed by atoms with E-state index in [4.69, 9.17) is 9.47 Å². The Hall–Kier alpha value is -2.82. The van der Waals surface area contributed by atoms with Gasteiger partial charge in [0.1, 0.15) is 18.1 Å². The molecule has 112 valence electrons. The lowest BCUT2D eigenvalue weighted by molar-refractivity contribution is 0.299. The van der Waals surface area contributed by atoms with Gasteiger partial charge in [0.15, 0.2) is 0 Å². The van der Waals surface area contributed by atoms with Crippen LogP contribution in [0.5, 0.6) is 11.5 Å². The van der Waals surface area contributed by atoms with E-state index in [1.165, 1.54) is 6.07 Å². The van der Waals surface area contributed by atoms with Crippen molar-refractivity contribution in [1.82, 2.24) is 9.55 Å². The van der Waals surface area contributed by atoms with E-state index >= 15 is 0 Å². The van der Waals surface area contributed by atoms with Crippen LogP contribution in [0.25, 0.3) is 10.9 Å². The highest BCUT2D eigenvalue weighted by Crippen LogP contribution is 2.26. The van der Waals surface area contributed by atoms with Gasteiger partial charge in [-0.15, -0.1) is 0 Å². The lowest BCUT2D eigenvalue weighted by Gasteiger charge is -2.10. The van der Waals surface area contributed by atoms with E-state index in [1.807, 2.05) is 30.3 Å². The minimum Gasteiger partial charge on any atom is -0.497 e. The third kappa shape index (κ3) is 2.93. The molecule has 0 bridgehead atoms. The Labute approximate surface area is 127 Å². The van der Waals surface area contributed by atoms with Crippen LogP contribution in [0.1, 0.15) is 0 Å². The van der Waals surface area contributed by atoms with Crippen molar-refractivity contribution < 1.29 is 9.47 Å². The Morgan fingerprint density at radius 1 is 1.18 bits per heavy atom. The van der Waals surface area contributed by atoms with Crippen LogP contribution in [0.2, 0.25) is 0 Å². The molecule has 3 aromatic rings. The second kappa shape index (κ2) is 6.30. The first-order chi connectivity index (χ1) is 10.8. The second-order valence-corrected chi connectivity index (χ2v) is 4.77. The van der Waals surface area contributed by atoms with Crippen LogP contribution < -0.4 is 15.0 Å². The van der Waals surface area contributed by atoms with Crippen LogP contribution in [0.3, 0.4) is 0 Å². The summed E-state index contributed by atoms with van der Waals surface area (Å²) in [4.78, 5) is 15.9. The summed E-state index contributed by atoms with van der Waals surface area (Å²) < 4.78 is 12.6. The molecule has 5 heteroatoms. The van der Waals surface area contributed by atoms with Gasteiger partial charge in [-0.1, -0.05) is 6.07 Å². The summed E-state index contributed by atoms with van der Waals surface area (Å²) in [5.74, 6) is 1.50. The van der Waals surface area contributed by atoms with Crippen LogP contribution in [-0.2, 0) is 6.54 Å². The Morgan fingerprint density at radius 3 is 2.91 bits per heavy atom. The van der Waals surface area contributed by atoms with Crippen molar-refractivity contribution in [3.05, 3.63) is 65.2 Å². The number of nitrogens with zero attached hydrogens (tertiary/aromatic N) is 2. The van der Waals surface area contributed by atoms with Crippen molar-refractivity contribution in [2.75, 3.05) is 13.7 Å². The highest BCUT2D eigenvalue weighted by atomic mass is 16.5. The molecule has 0 unspecified atom stereocenters. The summed E-state index contributed by atoms with van der Waals surface area (Å²) in [7, 11) is 1.62. The maximum absolute atomic E-state index is 11.6. The molecule has 0 aliphatic carbocycles. The molecule has 0 saturated heterocycles. The van der Waals surface area contributed by atoms with Crippen molar-refractivity contribution >= 4 is 10.9 Å². The van der Waals surface area contributed by atoms with Gasteiger partial charge in [-0.2, -0.15) is 0 Å². The number of benzene rings is 1. The van der Waals surface area contributed by atoms with Gasteiger partial charge in [0, 0.05) is 29.9 Å². The number of aromatic nitrogens is 2. The molecule has 0 atom stereocenters. The highest BCUT2D eigenvalue weighted by molar-refractivity contribution is 5.85. The first-order valence-corrected chi connectivity index (χ1v) is 6.99. The van der Waals surface area contributed by atoms with Crippen molar-refractivity contribution in [1.29, 1.82) is 0 Å². The summed E-state index contributed by atoms with van der Waals surface area (Å²) in [6.07, 6.45) is 3.45. The fourth-order valence-corrected chi connectivity index (χ4v) is 2.25. The van der Waals surface area contributed by atoms with Crippen LogP contribution in [0.15, 0.2) is 59.7 Å². The largest absolute Gasteiger partial charge is 0.497 e. The minimum absolute atomic E-state index is 0.0320. The maximum Gasteiger partial charge on any atom is 0.250 e. The quantitative estimate of drug-likeness (QED) is 0.726. The smallest absolute Gasteiger partial charge is 0.250 e. The first kappa shape index (κ1) is 14.1. The predicted octanol–water partition coefficient (Wildman–Crippen LogP) is 2.48. The summed E-state index contributed by atoms with van der Waals surface area (Å²) in [5.41, 5.74) is 0.782. The maximum atomic E-state index is 11.6. The van der Waals surface area contributed by atoms with E-state index in [2.05, 4.69) is 4.98 Å². The zero-order valence-electron chi connectivity index (χ0n) is 12.2. The molecule has 2 aromatic heterocycles. The molecule has 22 heavy (non-hydrogen) atoms. The van der Waals surface area contributed by atoms with Crippen molar-refractivity contribution in [3.8, 4) is 11.5 Å². The molecule has 0 aliphatic rings. The van der Waals surface area contributed by atoms with Gasteiger partial charge >= 0.3 is 0 Å². The number of pyridine rings is 2. The molecule has 0 aliphatic heterocycles. The summed E-state index contributed by atoms with van der Waals surface area (Å²) >= 11 is 0. The Morgan fingerprint density at radius 2 is 2.09 bits per heavy atom. The summed E-state index contributed by atoms with van der Waals surface area (Å²) in [6.45, 7) is 0.911. The predicted molar refractivity (Wildman–Crippen MR) is 84.5 cm³/mol. The van der Waals surface area contributed by atoms with Gasteiger partial charge in [-0.3, -0.25) is 9.78 Å². The number of fused-ring (bicyclic) bond motifs is 1. The standard InChI is InChI=1S/C17H16N2O3/c1-21-13-5-6-14-15(12-13)18-8-7-16(14)22-11-10-19-9-3-2-4-17(19)20/h2-9,12H,10-11H2,1H3. The third-order valence-electron chi connectivity index (χ3n) is 3.40. The molecule has 0 saturated carbocycles. The lowest BCUT2D eigenvalue weighted by Crippen LogP contribution is -2.21. The van der Waals surface area contributed by atoms with Gasteiger partial charge < -0.3 is 14.0 Å². The molecular weight excluding hydrogens is 280 g/mol. The highest BCUT2D eigenvalue weighted by Gasteiger charge is 2.05. The van der Waals surface area contributed by atoms with E-state index in [0.29, 0.717) is 13.2 Å². The van der Waals surface area contributed by atoms with Crippen molar-refractivity contribution in [2.45, 2.75) is 6.54 Å². The molecule has 0 amide bonds. The normalized spacial score (nSPS) is 10.6. The second-order valence-electron chi connectivity index (χ2n) is 4.77. The minimum atomic E-state index is -0.0320. The van der Waals surface area contributed by atoms with Crippen molar-refractivity contribution in [2.24, 2.45) is 0 Å². The van der Waals surface area contributed by atoms with E-state index in [-0.39, 0.29) is 5.56 Å². The molecular formula is C17H16N2O3. The number of methoxy groups -OCH3 is 1. The number of hydrogen-bond acceptors (Lipinski definition) is 4. The summed E-state index contributed by atoms with van der Waals surface area (Å²) in [6, 6.07) is 12.6. The Kier molecular flexibility index (Phi) is 4.05. The first-order valence-electron chi connectivity index (χ1n) is 6.99. The monoisotopic (exact) mass is 296 g/mol. The number of rotatable bonds is 5. The molecule has 1 aromatic carbocycles. The summed E-state index contributed by atoms with van der Waals surface area (Å²) in [5, 5.41) is 0.920. The van der Waals surface area contributed by atoms with E-state index in [0.717, 1.165) is 22.4 Å². The Balaban J connectivity index is 1.77. The van der Waals surface area contributed by atoms with Gasteiger partial charge in [-0.25, -0.2) is 0 Å². The molecule has 2 heterocycles. The zero-order chi connectivity index (χ0) is 15.4. The molecule has 5 nitrogen and oxygen atoms in total.